The quantitative estimate of drug-likeness (QED) is 0.600. The van der Waals surface area contributed by atoms with Crippen molar-refractivity contribution in [2.24, 2.45) is 0 Å². The Morgan fingerprint density at radius 1 is 0.833 bits per heavy atom. The average molecular weight is 194 g/mol. The fourth-order valence-corrected chi connectivity index (χ4v) is 2.38. The van der Waals surface area contributed by atoms with Crippen LogP contribution in [-0.4, -0.2) is 35.5 Å². The lowest BCUT2D eigenvalue weighted by Crippen LogP contribution is -2.26. The molecule has 12 heavy (non-hydrogen) atoms. The molecular formula is C8H20FN2P. The number of halogens is 1. The second-order valence-corrected chi connectivity index (χ2v) is 4.13. The van der Waals surface area contributed by atoms with Gasteiger partial charge in [-0.25, -0.2) is 9.34 Å². The predicted octanol–water partition coefficient (Wildman–Crippen LogP) is 2.87. The van der Waals surface area contributed by atoms with Crippen LogP contribution in [0.15, 0.2) is 0 Å². The van der Waals surface area contributed by atoms with Crippen molar-refractivity contribution >= 4 is 8.53 Å². The minimum absolute atomic E-state index is 0.801. The highest BCUT2D eigenvalue weighted by Crippen LogP contribution is 2.44. The van der Waals surface area contributed by atoms with E-state index in [1.807, 2.05) is 37.0 Å². The zero-order chi connectivity index (χ0) is 9.56. The molecule has 0 N–H and O–H groups in total. The third kappa shape index (κ3) is 3.34. The van der Waals surface area contributed by atoms with E-state index in [0.29, 0.717) is 0 Å². The Hall–Kier alpha value is 0.280. The van der Waals surface area contributed by atoms with Gasteiger partial charge in [0, 0.05) is 26.2 Å². The molecule has 0 saturated carbocycles. The topological polar surface area (TPSA) is 6.48 Å². The Labute approximate surface area is 76.7 Å². The first-order chi connectivity index (χ1) is 5.71. The molecule has 2 nitrogen and oxygen atoms in total. The molecule has 0 aromatic carbocycles. The summed E-state index contributed by atoms with van der Waals surface area (Å²) >= 11 is 0. The van der Waals surface area contributed by atoms with E-state index < -0.39 is 8.53 Å². The highest BCUT2D eigenvalue weighted by Gasteiger charge is 2.20. The summed E-state index contributed by atoms with van der Waals surface area (Å²) in [6.07, 6.45) is 0. The van der Waals surface area contributed by atoms with E-state index in [0.717, 1.165) is 26.2 Å². The van der Waals surface area contributed by atoms with Crippen LogP contribution in [0.2, 0.25) is 0 Å². The minimum Gasteiger partial charge on any atom is -0.244 e. The van der Waals surface area contributed by atoms with Gasteiger partial charge in [-0.15, -0.1) is 0 Å². The number of nitrogens with zero attached hydrogens (tertiary/aromatic N) is 2. The molecular weight excluding hydrogens is 174 g/mol. The molecule has 0 heterocycles. The Balaban J connectivity index is 4.02. The number of hydrogen-bond acceptors (Lipinski definition) is 2. The van der Waals surface area contributed by atoms with E-state index in [1.54, 1.807) is 0 Å². The molecule has 0 saturated heterocycles. The smallest absolute Gasteiger partial charge is 0.236 e. The molecule has 0 amide bonds. The molecule has 74 valence electrons. The summed E-state index contributed by atoms with van der Waals surface area (Å²) < 4.78 is 17.4. The lowest BCUT2D eigenvalue weighted by Gasteiger charge is -2.29. The second-order valence-electron chi connectivity index (χ2n) is 2.52. The fourth-order valence-electron chi connectivity index (χ4n) is 1.09. The Morgan fingerprint density at radius 2 is 1.08 bits per heavy atom. The molecule has 0 aliphatic rings. The maximum Gasteiger partial charge on any atom is 0.236 e. The molecule has 0 radical (unpaired) electrons. The molecule has 0 aromatic rings. The molecule has 4 heteroatoms. The van der Waals surface area contributed by atoms with E-state index >= 15 is 0 Å². The van der Waals surface area contributed by atoms with E-state index in [4.69, 9.17) is 0 Å². The fraction of sp³-hybridized carbons (Fsp3) is 1.00. The molecule has 0 rings (SSSR count). The van der Waals surface area contributed by atoms with Gasteiger partial charge in [0.1, 0.15) is 0 Å². The normalized spacial score (nSPS) is 12.0. The van der Waals surface area contributed by atoms with Crippen LogP contribution in [0.5, 0.6) is 0 Å². The Bertz CT molecular complexity index is 93.2. The van der Waals surface area contributed by atoms with Crippen LogP contribution in [0.1, 0.15) is 27.7 Å². The molecule has 0 aliphatic heterocycles. The molecule has 0 fully saturated rings. The van der Waals surface area contributed by atoms with E-state index in [9.17, 15) is 4.20 Å². The molecule has 0 aliphatic carbocycles. The van der Waals surface area contributed by atoms with Crippen molar-refractivity contribution in [1.82, 2.24) is 9.34 Å². The van der Waals surface area contributed by atoms with Gasteiger partial charge in [-0.3, -0.25) is 0 Å². The van der Waals surface area contributed by atoms with Gasteiger partial charge in [-0.05, 0) is 0 Å². The lowest BCUT2D eigenvalue weighted by molar-refractivity contribution is 0.392. The van der Waals surface area contributed by atoms with E-state index in [1.165, 1.54) is 0 Å². The van der Waals surface area contributed by atoms with Crippen molar-refractivity contribution in [2.75, 3.05) is 26.2 Å². The minimum atomic E-state index is -1.54. The van der Waals surface area contributed by atoms with E-state index in [-0.39, 0.29) is 0 Å². The monoisotopic (exact) mass is 194 g/mol. The summed E-state index contributed by atoms with van der Waals surface area (Å²) in [6, 6.07) is 0. The van der Waals surface area contributed by atoms with Crippen molar-refractivity contribution < 1.29 is 4.20 Å². The first-order valence-corrected chi connectivity index (χ1v) is 5.80. The van der Waals surface area contributed by atoms with Crippen molar-refractivity contribution in [3.8, 4) is 0 Å². The zero-order valence-electron chi connectivity index (χ0n) is 8.55. The highest BCUT2D eigenvalue weighted by molar-refractivity contribution is 7.46. The van der Waals surface area contributed by atoms with Crippen LogP contribution in [-0.2, 0) is 0 Å². The molecule has 0 aromatic heterocycles. The molecule has 0 spiro atoms. The van der Waals surface area contributed by atoms with Gasteiger partial charge in [0.2, 0.25) is 8.53 Å². The van der Waals surface area contributed by atoms with E-state index in [2.05, 4.69) is 0 Å². The van der Waals surface area contributed by atoms with Gasteiger partial charge in [0.15, 0.2) is 0 Å². The van der Waals surface area contributed by atoms with Crippen molar-refractivity contribution in [3.05, 3.63) is 0 Å². The van der Waals surface area contributed by atoms with Crippen LogP contribution in [0.3, 0.4) is 0 Å². The van der Waals surface area contributed by atoms with Crippen LogP contribution in [0.4, 0.5) is 4.20 Å². The SMILES string of the molecule is CCN(CC)P(F)N(CC)CC. The summed E-state index contributed by atoms with van der Waals surface area (Å²) in [5.41, 5.74) is 0. The van der Waals surface area contributed by atoms with Crippen molar-refractivity contribution in [1.29, 1.82) is 0 Å². The molecule has 0 unspecified atom stereocenters. The standard InChI is InChI=1S/C8H20FN2P/c1-5-10(6-2)12(9)11(7-3)8-4/h5-8H2,1-4H3. The average Bonchev–Trinajstić information content (AvgIpc) is 2.09. The van der Waals surface area contributed by atoms with Gasteiger partial charge >= 0.3 is 0 Å². The van der Waals surface area contributed by atoms with Crippen LogP contribution < -0.4 is 0 Å². The van der Waals surface area contributed by atoms with Crippen LogP contribution in [0, 0.1) is 0 Å². The van der Waals surface area contributed by atoms with Crippen molar-refractivity contribution in [3.63, 3.8) is 0 Å². The number of rotatable bonds is 6. The Morgan fingerprint density at radius 3 is 1.25 bits per heavy atom. The maximum atomic E-state index is 13.6. The highest BCUT2D eigenvalue weighted by atomic mass is 31.2. The lowest BCUT2D eigenvalue weighted by atomic mass is 10.7. The first-order valence-electron chi connectivity index (χ1n) is 4.66. The van der Waals surface area contributed by atoms with Crippen LogP contribution in [0.25, 0.3) is 0 Å². The summed E-state index contributed by atoms with van der Waals surface area (Å²) in [7, 11) is -1.54. The van der Waals surface area contributed by atoms with Gasteiger partial charge in [-0.2, -0.15) is 4.20 Å². The van der Waals surface area contributed by atoms with Gasteiger partial charge < -0.3 is 0 Å². The predicted molar refractivity (Wildman–Crippen MR) is 53.9 cm³/mol. The van der Waals surface area contributed by atoms with Crippen molar-refractivity contribution in [2.45, 2.75) is 27.7 Å². The van der Waals surface area contributed by atoms with Gasteiger partial charge in [0.05, 0.1) is 0 Å². The summed E-state index contributed by atoms with van der Waals surface area (Å²) in [6.45, 7) is 11.2. The largest absolute Gasteiger partial charge is 0.244 e. The third-order valence-electron chi connectivity index (χ3n) is 1.93. The maximum absolute atomic E-state index is 13.6. The third-order valence-corrected chi connectivity index (χ3v) is 3.99. The Kier molecular flexibility index (Phi) is 6.92. The summed E-state index contributed by atoms with van der Waals surface area (Å²) in [5, 5.41) is 0. The summed E-state index contributed by atoms with van der Waals surface area (Å²) in [4.78, 5) is 0. The molecule has 0 bridgehead atoms. The molecule has 0 atom stereocenters. The van der Waals surface area contributed by atoms with Gasteiger partial charge in [-0.1, -0.05) is 27.7 Å². The summed E-state index contributed by atoms with van der Waals surface area (Å²) in [5.74, 6) is 0. The van der Waals surface area contributed by atoms with Gasteiger partial charge in [0.25, 0.3) is 0 Å². The second kappa shape index (κ2) is 6.76. The number of hydrogen-bond donors (Lipinski definition) is 0. The van der Waals surface area contributed by atoms with Crippen LogP contribution >= 0.6 is 8.53 Å². The first kappa shape index (κ1) is 12.3. The zero-order valence-corrected chi connectivity index (χ0v) is 9.44.